The molecule has 3 aromatic carbocycles. The van der Waals surface area contributed by atoms with Crippen molar-refractivity contribution in [2.45, 2.75) is 26.2 Å². The van der Waals surface area contributed by atoms with Gasteiger partial charge in [0, 0.05) is 34.5 Å². The molecule has 0 atom stereocenters. The Morgan fingerprint density at radius 1 is 0.833 bits per heavy atom. The molecule has 0 heterocycles. The normalized spacial score (nSPS) is 11.0. The fourth-order valence-electron chi connectivity index (χ4n) is 2.99. The van der Waals surface area contributed by atoms with E-state index in [2.05, 4.69) is 26.1 Å². The highest BCUT2D eigenvalue weighted by Gasteiger charge is 2.16. The van der Waals surface area contributed by atoms with Gasteiger partial charge in [0.05, 0.1) is 4.92 Å². The zero-order valence-corrected chi connectivity index (χ0v) is 17.0. The minimum absolute atomic E-state index is 0.00170. The lowest BCUT2D eigenvalue weighted by molar-refractivity contribution is -0.384. The number of hydrogen-bond donors (Lipinski definition) is 1. The van der Waals surface area contributed by atoms with Crippen LogP contribution in [0.2, 0.25) is 0 Å². The lowest BCUT2D eigenvalue weighted by Gasteiger charge is -2.19. The molecule has 1 N–H and O–H groups in total. The molecule has 3 aromatic rings. The van der Waals surface area contributed by atoms with Gasteiger partial charge in [0.25, 0.3) is 11.6 Å². The van der Waals surface area contributed by atoms with Crippen LogP contribution in [0.25, 0.3) is 0 Å². The van der Waals surface area contributed by atoms with Crippen LogP contribution in [0.3, 0.4) is 0 Å². The van der Waals surface area contributed by atoms with Gasteiger partial charge in [0.2, 0.25) is 0 Å². The molecule has 6 heteroatoms. The van der Waals surface area contributed by atoms with Crippen LogP contribution in [0.1, 0.15) is 52.6 Å². The molecular formula is C24H22N2O4. The molecule has 0 aliphatic rings. The Bertz CT molecular complexity index is 1110. The quantitative estimate of drug-likeness (QED) is 0.353. The largest absolute Gasteiger partial charge is 0.322 e. The van der Waals surface area contributed by atoms with Gasteiger partial charge < -0.3 is 5.32 Å². The van der Waals surface area contributed by atoms with Crippen LogP contribution in [0.5, 0.6) is 0 Å². The highest BCUT2D eigenvalue weighted by molar-refractivity contribution is 6.10. The van der Waals surface area contributed by atoms with Gasteiger partial charge in [-0.15, -0.1) is 0 Å². The van der Waals surface area contributed by atoms with Crippen LogP contribution >= 0.6 is 0 Å². The zero-order chi connectivity index (χ0) is 21.9. The molecule has 152 valence electrons. The van der Waals surface area contributed by atoms with Crippen molar-refractivity contribution in [3.8, 4) is 0 Å². The van der Waals surface area contributed by atoms with Gasteiger partial charge >= 0.3 is 0 Å². The van der Waals surface area contributed by atoms with E-state index in [1.807, 2.05) is 12.1 Å². The number of non-ortho nitro benzene ring substituents is 1. The van der Waals surface area contributed by atoms with Crippen LogP contribution in [0, 0.1) is 10.1 Å². The Kier molecular flexibility index (Phi) is 5.78. The average Bonchev–Trinajstić information content (AvgIpc) is 2.73. The summed E-state index contributed by atoms with van der Waals surface area (Å²) in [4.78, 5) is 35.6. The van der Waals surface area contributed by atoms with E-state index in [0.717, 1.165) is 5.56 Å². The summed E-state index contributed by atoms with van der Waals surface area (Å²) in [5.74, 6) is -0.639. The number of nitrogens with one attached hydrogen (secondary N) is 1. The highest BCUT2D eigenvalue weighted by Crippen LogP contribution is 2.23. The lowest BCUT2D eigenvalue weighted by Crippen LogP contribution is -2.13. The molecule has 0 bridgehead atoms. The summed E-state index contributed by atoms with van der Waals surface area (Å²) in [6.45, 7) is 6.33. The fourth-order valence-corrected chi connectivity index (χ4v) is 2.99. The second-order valence-electron chi connectivity index (χ2n) is 8.00. The Labute approximate surface area is 174 Å². The first-order chi connectivity index (χ1) is 14.1. The smallest absolute Gasteiger partial charge is 0.270 e. The molecule has 0 fully saturated rings. The van der Waals surface area contributed by atoms with Gasteiger partial charge in [0.15, 0.2) is 5.78 Å². The maximum atomic E-state index is 12.8. The third-order valence-corrected chi connectivity index (χ3v) is 4.71. The zero-order valence-electron chi connectivity index (χ0n) is 17.0. The molecule has 0 radical (unpaired) electrons. The van der Waals surface area contributed by atoms with Gasteiger partial charge in [-0.1, -0.05) is 63.2 Å². The highest BCUT2D eigenvalue weighted by atomic mass is 16.6. The standard InChI is InChI=1S/C24H22N2O4/c1-24(2,3)19-12-10-16(11-13-19)22(27)17-6-4-8-20(14-17)25-23(28)18-7-5-9-21(15-18)26(29)30/h4-15H,1-3H3,(H,25,28). The predicted octanol–water partition coefficient (Wildman–Crippen LogP) is 5.38. The van der Waals surface area contributed by atoms with Crippen LogP contribution in [0.4, 0.5) is 11.4 Å². The maximum absolute atomic E-state index is 12.8. The van der Waals surface area contributed by atoms with Gasteiger partial charge in [-0.3, -0.25) is 19.7 Å². The Hall–Kier alpha value is -3.80. The summed E-state index contributed by atoms with van der Waals surface area (Å²) in [7, 11) is 0. The third-order valence-electron chi connectivity index (χ3n) is 4.71. The SMILES string of the molecule is CC(C)(C)c1ccc(C(=O)c2cccc(NC(=O)c3cccc([N+](=O)[O-])c3)c2)cc1. The summed E-state index contributed by atoms with van der Waals surface area (Å²) >= 11 is 0. The first kappa shape index (κ1) is 20.9. The molecule has 0 saturated heterocycles. The summed E-state index contributed by atoms with van der Waals surface area (Å²) in [6, 6.07) is 19.6. The molecule has 1 amide bonds. The number of anilines is 1. The van der Waals surface area contributed by atoms with Gasteiger partial charge in [-0.2, -0.15) is 0 Å². The first-order valence-corrected chi connectivity index (χ1v) is 9.46. The van der Waals surface area contributed by atoms with Crippen molar-refractivity contribution in [1.82, 2.24) is 0 Å². The molecule has 0 aliphatic carbocycles. The number of carbonyl (C=O) groups is 2. The molecule has 0 aromatic heterocycles. The van der Waals surface area contributed by atoms with Crippen molar-refractivity contribution in [3.05, 3.63) is 105 Å². The van der Waals surface area contributed by atoms with Crippen molar-refractivity contribution in [1.29, 1.82) is 0 Å². The summed E-state index contributed by atoms with van der Waals surface area (Å²) in [5, 5.41) is 13.6. The van der Waals surface area contributed by atoms with Crippen molar-refractivity contribution in [2.75, 3.05) is 5.32 Å². The number of nitro benzene ring substituents is 1. The number of amides is 1. The molecule has 6 nitrogen and oxygen atoms in total. The van der Waals surface area contributed by atoms with E-state index in [1.165, 1.54) is 24.3 Å². The molecule has 0 saturated carbocycles. The topological polar surface area (TPSA) is 89.3 Å². The van der Waals surface area contributed by atoms with Crippen molar-refractivity contribution in [3.63, 3.8) is 0 Å². The van der Waals surface area contributed by atoms with E-state index >= 15 is 0 Å². The van der Waals surface area contributed by atoms with Gasteiger partial charge in [-0.05, 0) is 29.2 Å². The Morgan fingerprint density at radius 3 is 2.10 bits per heavy atom. The van der Waals surface area contributed by atoms with E-state index in [4.69, 9.17) is 0 Å². The molecule has 3 rings (SSSR count). The number of ketones is 1. The summed E-state index contributed by atoms with van der Waals surface area (Å²) < 4.78 is 0. The summed E-state index contributed by atoms with van der Waals surface area (Å²) in [6.07, 6.45) is 0. The average molecular weight is 402 g/mol. The minimum atomic E-state index is -0.555. The van der Waals surface area contributed by atoms with Crippen LogP contribution in [-0.4, -0.2) is 16.6 Å². The number of nitrogens with zero attached hydrogens (tertiary/aromatic N) is 1. The maximum Gasteiger partial charge on any atom is 0.270 e. The lowest BCUT2D eigenvalue weighted by atomic mass is 9.86. The van der Waals surface area contributed by atoms with Crippen molar-refractivity contribution >= 4 is 23.1 Å². The minimum Gasteiger partial charge on any atom is -0.322 e. The van der Waals surface area contributed by atoms with Crippen molar-refractivity contribution < 1.29 is 14.5 Å². The van der Waals surface area contributed by atoms with Crippen LogP contribution in [-0.2, 0) is 5.41 Å². The number of carbonyl (C=O) groups excluding carboxylic acids is 2. The van der Waals surface area contributed by atoms with Gasteiger partial charge in [0.1, 0.15) is 0 Å². The Balaban J connectivity index is 1.79. The first-order valence-electron chi connectivity index (χ1n) is 9.46. The van der Waals surface area contributed by atoms with E-state index in [1.54, 1.807) is 36.4 Å². The van der Waals surface area contributed by atoms with E-state index in [-0.39, 0.29) is 22.4 Å². The summed E-state index contributed by atoms with van der Waals surface area (Å²) in [5.41, 5.74) is 2.57. The molecule has 0 aliphatic heterocycles. The second-order valence-corrected chi connectivity index (χ2v) is 8.00. The number of nitro groups is 1. The Morgan fingerprint density at radius 2 is 1.47 bits per heavy atom. The third kappa shape index (κ3) is 4.78. The van der Waals surface area contributed by atoms with E-state index in [9.17, 15) is 19.7 Å². The molecule has 0 spiro atoms. The molecule has 30 heavy (non-hydrogen) atoms. The van der Waals surface area contributed by atoms with Crippen molar-refractivity contribution in [2.24, 2.45) is 0 Å². The molecular weight excluding hydrogens is 380 g/mol. The number of rotatable bonds is 5. The predicted molar refractivity (Wildman–Crippen MR) is 116 cm³/mol. The van der Waals surface area contributed by atoms with E-state index in [0.29, 0.717) is 16.8 Å². The second kappa shape index (κ2) is 8.29. The van der Waals surface area contributed by atoms with E-state index < -0.39 is 10.8 Å². The fraction of sp³-hybridized carbons (Fsp3) is 0.167. The van der Waals surface area contributed by atoms with Crippen LogP contribution < -0.4 is 5.32 Å². The van der Waals surface area contributed by atoms with Gasteiger partial charge in [-0.25, -0.2) is 0 Å². The number of benzene rings is 3. The van der Waals surface area contributed by atoms with Crippen LogP contribution in [0.15, 0.2) is 72.8 Å². The monoisotopic (exact) mass is 402 g/mol. The molecule has 0 unspecified atom stereocenters. The number of hydrogen-bond acceptors (Lipinski definition) is 4.